The van der Waals surface area contributed by atoms with Crippen molar-refractivity contribution < 1.29 is 19.1 Å². The monoisotopic (exact) mass is 312 g/mol. The fourth-order valence-electron chi connectivity index (χ4n) is 1.57. The SMILES string of the molecule is CCCCOC(=O)c1ccc(Cl)cc1C(=O)OCC(C)C. The number of benzene rings is 1. The van der Waals surface area contributed by atoms with Gasteiger partial charge in [0.15, 0.2) is 0 Å². The van der Waals surface area contributed by atoms with E-state index in [1.807, 2.05) is 20.8 Å². The van der Waals surface area contributed by atoms with Crippen molar-refractivity contribution in [2.24, 2.45) is 5.92 Å². The van der Waals surface area contributed by atoms with Gasteiger partial charge in [-0.2, -0.15) is 0 Å². The van der Waals surface area contributed by atoms with Gasteiger partial charge >= 0.3 is 11.9 Å². The van der Waals surface area contributed by atoms with Gasteiger partial charge in [-0.1, -0.05) is 38.8 Å². The van der Waals surface area contributed by atoms with Gasteiger partial charge in [-0.15, -0.1) is 0 Å². The third-order valence-electron chi connectivity index (χ3n) is 2.70. The van der Waals surface area contributed by atoms with Crippen molar-refractivity contribution in [2.75, 3.05) is 13.2 Å². The highest BCUT2D eigenvalue weighted by molar-refractivity contribution is 6.31. The zero-order chi connectivity index (χ0) is 15.8. The van der Waals surface area contributed by atoms with Crippen LogP contribution in [0.5, 0.6) is 0 Å². The first kappa shape index (κ1) is 17.5. The summed E-state index contributed by atoms with van der Waals surface area (Å²) < 4.78 is 10.3. The molecule has 1 aromatic rings. The minimum Gasteiger partial charge on any atom is -0.462 e. The summed E-state index contributed by atoms with van der Waals surface area (Å²) in [5.41, 5.74) is 0.328. The maximum absolute atomic E-state index is 12.1. The lowest BCUT2D eigenvalue weighted by Crippen LogP contribution is -2.16. The fraction of sp³-hybridized carbons (Fsp3) is 0.500. The molecule has 1 aromatic carbocycles. The molecule has 0 unspecified atom stereocenters. The third kappa shape index (κ3) is 5.76. The van der Waals surface area contributed by atoms with E-state index in [1.54, 1.807) is 6.07 Å². The Kier molecular flexibility index (Phi) is 7.23. The van der Waals surface area contributed by atoms with E-state index in [0.717, 1.165) is 12.8 Å². The Balaban J connectivity index is 2.88. The van der Waals surface area contributed by atoms with Crippen LogP contribution in [0.1, 0.15) is 54.3 Å². The molecular weight excluding hydrogens is 292 g/mol. The molecule has 116 valence electrons. The lowest BCUT2D eigenvalue weighted by molar-refractivity contribution is 0.0428. The molecule has 0 aliphatic heterocycles. The van der Waals surface area contributed by atoms with Crippen molar-refractivity contribution in [2.45, 2.75) is 33.6 Å². The molecule has 5 heteroatoms. The van der Waals surface area contributed by atoms with Crippen molar-refractivity contribution in [3.05, 3.63) is 34.3 Å². The predicted octanol–water partition coefficient (Wildman–Crippen LogP) is 4.11. The highest BCUT2D eigenvalue weighted by atomic mass is 35.5. The molecule has 0 spiro atoms. The first-order chi connectivity index (χ1) is 9.95. The molecular formula is C16H21ClO4. The van der Waals surface area contributed by atoms with E-state index in [2.05, 4.69) is 0 Å². The number of rotatable bonds is 7. The van der Waals surface area contributed by atoms with Gasteiger partial charge in [0.2, 0.25) is 0 Å². The van der Waals surface area contributed by atoms with Gasteiger partial charge in [-0.3, -0.25) is 0 Å². The van der Waals surface area contributed by atoms with E-state index in [4.69, 9.17) is 21.1 Å². The Hall–Kier alpha value is -1.55. The second-order valence-corrected chi connectivity index (χ2v) is 5.61. The molecule has 0 aromatic heterocycles. The number of halogens is 1. The summed E-state index contributed by atoms with van der Waals surface area (Å²) in [6.45, 7) is 6.50. The molecule has 4 nitrogen and oxygen atoms in total. The zero-order valence-electron chi connectivity index (χ0n) is 12.6. The Bertz CT molecular complexity index is 497. The maximum atomic E-state index is 12.1. The number of hydrogen-bond donors (Lipinski definition) is 0. The molecule has 0 heterocycles. The predicted molar refractivity (Wildman–Crippen MR) is 81.8 cm³/mol. The van der Waals surface area contributed by atoms with E-state index in [0.29, 0.717) is 11.6 Å². The Morgan fingerprint density at radius 1 is 1.14 bits per heavy atom. The number of unbranched alkanes of at least 4 members (excludes halogenated alkanes) is 1. The second kappa shape index (κ2) is 8.67. The fourth-order valence-corrected chi connectivity index (χ4v) is 1.74. The second-order valence-electron chi connectivity index (χ2n) is 5.17. The molecule has 21 heavy (non-hydrogen) atoms. The van der Waals surface area contributed by atoms with Crippen LogP contribution < -0.4 is 0 Å². The van der Waals surface area contributed by atoms with Crippen LogP contribution in [-0.2, 0) is 9.47 Å². The van der Waals surface area contributed by atoms with Crippen LogP contribution in [0.4, 0.5) is 0 Å². The zero-order valence-corrected chi connectivity index (χ0v) is 13.4. The summed E-state index contributed by atoms with van der Waals surface area (Å²) in [7, 11) is 0. The molecule has 0 aliphatic carbocycles. The third-order valence-corrected chi connectivity index (χ3v) is 2.94. The standard InChI is InChI=1S/C16H21ClO4/c1-4-5-8-20-15(18)13-7-6-12(17)9-14(13)16(19)21-10-11(2)3/h6-7,9,11H,4-5,8,10H2,1-3H3. The largest absolute Gasteiger partial charge is 0.462 e. The number of carbonyl (C=O) groups excluding carboxylic acids is 2. The summed E-state index contributed by atoms with van der Waals surface area (Å²) in [5.74, 6) is -0.877. The molecule has 0 saturated carbocycles. The smallest absolute Gasteiger partial charge is 0.339 e. The van der Waals surface area contributed by atoms with Gasteiger partial charge in [-0.25, -0.2) is 9.59 Å². The van der Waals surface area contributed by atoms with Gasteiger partial charge in [0.05, 0.1) is 24.3 Å². The van der Waals surface area contributed by atoms with Crippen LogP contribution in [0.25, 0.3) is 0 Å². The van der Waals surface area contributed by atoms with E-state index in [9.17, 15) is 9.59 Å². The quantitative estimate of drug-likeness (QED) is 0.561. The summed E-state index contributed by atoms with van der Waals surface area (Å²) in [5, 5.41) is 0.372. The van der Waals surface area contributed by atoms with Crippen molar-refractivity contribution in [1.82, 2.24) is 0 Å². The van der Waals surface area contributed by atoms with Gasteiger partial charge < -0.3 is 9.47 Å². The Labute approximate surface area is 130 Å². The molecule has 0 N–H and O–H groups in total. The molecule has 0 saturated heterocycles. The Morgan fingerprint density at radius 3 is 2.43 bits per heavy atom. The lowest BCUT2D eigenvalue weighted by Gasteiger charge is -2.11. The van der Waals surface area contributed by atoms with E-state index < -0.39 is 11.9 Å². The van der Waals surface area contributed by atoms with Crippen LogP contribution in [0.2, 0.25) is 5.02 Å². The first-order valence-electron chi connectivity index (χ1n) is 7.09. The molecule has 0 amide bonds. The molecule has 0 bridgehead atoms. The minimum atomic E-state index is -0.561. The summed E-state index contributed by atoms with van der Waals surface area (Å²) in [6, 6.07) is 4.47. The number of carbonyl (C=O) groups is 2. The van der Waals surface area contributed by atoms with Crippen LogP contribution in [0.3, 0.4) is 0 Å². The van der Waals surface area contributed by atoms with Gasteiger partial charge in [0.25, 0.3) is 0 Å². The lowest BCUT2D eigenvalue weighted by atomic mass is 10.1. The molecule has 0 fully saturated rings. The normalized spacial score (nSPS) is 10.5. The number of ether oxygens (including phenoxy) is 2. The first-order valence-corrected chi connectivity index (χ1v) is 7.47. The van der Waals surface area contributed by atoms with E-state index >= 15 is 0 Å². The van der Waals surface area contributed by atoms with Gasteiger partial charge in [0.1, 0.15) is 0 Å². The van der Waals surface area contributed by atoms with Crippen LogP contribution in [-0.4, -0.2) is 25.2 Å². The van der Waals surface area contributed by atoms with Crippen LogP contribution in [0, 0.1) is 5.92 Å². The Morgan fingerprint density at radius 2 is 1.81 bits per heavy atom. The van der Waals surface area contributed by atoms with E-state index in [-0.39, 0.29) is 23.7 Å². The number of esters is 2. The van der Waals surface area contributed by atoms with Crippen LogP contribution >= 0.6 is 11.6 Å². The maximum Gasteiger partial charge on any atom is 0.339 e. The van der Waals surface area contributed by atoms with Crippen LogP contribution in [0.15, 0.2) is 18.2 Å². The molecule has 1 rings (SSSR count). The van der Waals surface area contributed by atoms with Crippen molar-refractivity contribution in [3.8, 4) is 0 Å². The van der Waals surface area contributed by atoms with E-state index in [1.165, 1.54) is 12.1 Å². The van der Waals surface area contributed by atoms with Crippen molar-refractivity contribution in [1.29, 1.82) is 0 Å². The average Bonchev–Trinajstić information content (AvgIpc) is 2.44. The molecule has 0 radical (unpaired) electrons. The highest BCUT2D eigenvalue weighted by Crippen LogP contribution is 2.19. The summed E-state index contributed by atoms with van der Waals surface area (Å²) in [4.78, 5) is 24.1. The van der Waals surface area contributed by atoms with Crippen molar-refractivity contribution in [3.63, 3.8) is 0 Å². The highest BCUT2D eigenvalue weighted by Gasteiger charge is 2.20. The van der Waals surface area contributed by atoms with Crippen molar-refractivity contribution >= 4 is 23.5 Å². The summed E-state index contributed by atoms with van der Waals surface area (Å²) in [6.07, 6.45) is 1.71. The average molecular weight is 313 g/mol. The van der Waals surface area contributed by atoms with Gasteiger partial charge in [-0.05, 0) is 30.5 Å². The van der Waals surface area contributed by atoms with Gasteiger partial charge in [0, 0.05) is 5.02 Å². The molecule has 0 atom stereocenters. The minimum absolute atomic E-state index is 0.143. The number of hydrogen-bond acceptors (Lipinski definition) is 4. The molecule has 0 aliphatic rings. The topological polar surface area (TPSA) is 52.6 Å². The summed E-state index contributed by atoms with van der Waals surface area (Å²) >= 11 is 5.90.